The van der Waals surface area contributed by atoms with E-state index >= 15 is 0 Å². The first-order chi connectivity index (χ1) is 8.81. The Morgan fingerprint density at radius 3 is 2.32 bits per heavy atom. The molecule has 110 valence electrons. The molecule has 0 aliphatic carbocycles. The lowest BCUT2D eigenvalue weighted by atomic mass is 9.72. The highest BCUT2D eigenvalue weighted by Gasteiger charge is 2.39. The van der Waals surface area contributed by atoms with Gasteiger partial charge < -0.3 is 4.74 Å². The van der Waals surface area contributed by atoms with Crippen LogP contribution in [0.25, 0.3) is 0 Å². The fraction of sp³-hybridized carbons (Fsp3) is 0.706. The molecule has 0 bridgehead atoms. The van der Waals surface area contributed by atoms with E-state index in [1.165, 1.54) is 0 Å². The lowest BCUT2D eigenvalue weighted by Gasteiger charge is -2.33. The number of carbonyl (C=O) groups excluding carboxylic acids is 1. The number of hydrogen-bond acceptors (Lipinski definition) is 2. The van der Waals surface area contributed by atoms with Gasteiger partial charge in [0.2, 0.25) is 0 Å². The van der Waals surface area contributed by atoms with Gasteiger partial charge in [-0.25, -0.2) is 0 Å². The number of rotatable bonds is 8. The van der Waals surface area contributed by atoms with E-state index in [4.69, 9.17) is 4.74 Å². The Bertz CT molecular complexity index is 328. The lowest BCUT2D eigenvalue weighted by molar-refractivity contribution is -0.158. The largest absolute Gasteiger partial charge is 0.460 e. The van der Waals surface area contributed by atoms with Crippen LogP contribution in [0.1, 0.15) is 54.4 Å². The second-order valence-corrected chi connectivity index (χ2v) is 5.93. The van der Waals surface area contributed by atoms with E-state index in [-0.39, 0.29) is 11.9 Å². The molecule has 0 fully saturated rings. The van der Waals surface area contributed by atoms with Crippen LogP contribution >= 0.6 is 0 Å². The van der Waals surface area contributed by atoms with Crippen LogP contribution in [0.2, 0.25) is 0 Å². The van der Waals surface area contributed by atoms with Gasteiger partial charge in [-0.2, -0.15) is 0 Å². The fourth-order valence-electron chi connectivity index (χ4n) is 2.00. The smallest absolute Gasteiger partial charge is 0.312 e. The van der Waals surface area contributed by atoms with Gasteiger partial charge in [0.05, 0.1) is 5.41 Å². The van der Waals surface area contributed by atoms with Crippen molar-refractivity contribution in [3.8, 4) is 0 Å². The second kappa shape index (κ2) is 8.19. The highest BCUT2D eigenvalue weighted by molar-refractivity contribution is 5.77. The summed E-state index contributed by atoms with van der Waals surface area (Å²) in [5.41, 5.74) is 0.540. The Balaban J connectivity index is 4.79. The van der Waals surface area contributed by atoms with E-state index in [1.54, 1.807) is 6.08 Å². The summed E-state index contributed by atoms with van der Waals surface area (Å²) in [5, 5.41) is 0. The summed E-state index contributed by atoms with van der Waals surface area (Å²) in [6.07, 6.45) is 5.61. The van der Waals surface area contributed by atoms with Crippen LogP contribution in [0.15, 0.2) is 24.3 Å². The van der Waals surface area contributed by atoms with Crippen molar-refractivity contribution in [2.24, 2.45) is 17.3 Å². The third-order valence-corrected chi connectivity index (χ3v) is 4.21. The molecule has 2 nitrogen and oxygen atoms in total. The lowest BCUT2D eigenvalue weighted by Crippen LogP contribution is -2.37. The SMILES string of the molecule is C=C/C(=C\C)COC(=O)C(C)(CC(C)CC)C(C)C. The van der Waals surface area contributed by atoms with E-state index in [0.717, 1.165) is 18.4 Å². The van der Waals surface area contributed by atoms with Crippen molar-refractivity contribution in [1.82, 2.24) is 0 Å². The average Bonchev–Trinajstić information content (AvgIpc) is 2.38. The molecular weight excluding hydrogens is 236 g/mol. The average molecular weight is 266 g/mol. The van der Waals surface area contributed by atoms with Crippen molar-refractivity contribution in [2.45, 2.75) is 54.4 Å². The van der Waals surface area contributed by atoms with Crippen LogP contribution in [0.3, 0.4) is 0 Å². The molecule has 0 spiro atoms. The van der Waals surface area contributed by atoms with Gasteiger partial charge in [0, 0.05) is 0 Å². The molecule has 0 heterocycles. The van der Waals surface area contributed by atoms with E-state index < -0.39 is 5.41 Å². The molecule has 0 aromatic carbocycles. The maximum absolute atomic E-state index is 12.4. The molecular formula is C17H30O2. The van der Waals surface area contributed by atoms with Crippen molar-refractivity contribution >= 4 is 5.97 Å². The van der Waals surface area contributed by atoms with Crippen molar-refractivity contribution < 1.29 is 9.53 Å². The fourth-order valence-corrected chi connectivity index (χ4v) is 2.00. The van der Waals surface area contributed by atoms with Crippen molar-refractivity contribution in [2.75, 3.05) is 6.61 Å². The zero-order chi connectivity index (χ0) is 15.1. The van der Waals surface area contributed by atoms with Gasteiger partial charge in [0.25, 0.3) is 0 Å². The Kier molecular flexibility index (Phi) is 7.73. The molecule has 2 heteroatoms. The van der Waals surface area contributed by atoms with Gasteiger partial charge >= 0.3 is 5.97 Å². The van der Waals surface area contributed by atoms with Gasteiger partial charge in [0.15, 0.2) is 0 Å². The Morgan fingerprint density at radius 2 is 1.95 bits per heavy atom. The summed E-state index contributed by atoms with van der Waals surface area (Å²) in [6.45, 7) is 16.5. The minimum Gasteiger partial charge on any atom is -0.460 e. The summed E-state index contributed by atoms with van der Waals surface area (Å²) in [4.78, 5) is 12.4. The molecule has 2 atom stereocenters. The molecule has 0 amide bonds. The number of carbonyl (C=O) groups is 1. The van der Waals surface area contributed by atoms with Crippen LogP contribution in [0.4, 0.5) is 0 Å². The Hall–Kier alpha value is -1.05. The van der Waals surface area contributed by atoms with E-state index in [1.807, 2.05) is 19.9 Å². The zero-order valence-corrected chi connectivity index (χ0v) is 13.5. The molecule has 0 aromatic heterocycles. The van der Waals surface area contributed by atoms with Crippen molar-refractivity contribution in [3.05, 3.63) is 24.3 Å². The minimum atomic E-state index is -0.407. The van der Waals surface area contributed by atoms with Crippen molar-refractivity contribution in [3.63, 3.8) is 0 Å². The van der Waals surface area contributed by atoms with Crippen LogP contribution < -0.4 is 0 Å². The Morgan fingerprint density at radius 1 is 1.37 bits per heavy atom. The zero-order valence-electron chi connectivity index (χ0n) is 13.5. The molecule has 0 rings (SSSR count). The van der Waals surface area contributed by atoms with Gasteiger partial charge in [0.1, 0.15) is 6.61 Å². The van der Waals surface area contributed by atoms with Gasteiger partial charge in [-0.05, 0) is 37.7 Å². The summed E-state index contributed by atoms with van der Waals surface area (Å²) in [5.74, 6) is 0.705. The van der Waals surface area contributed by atoms with Crippen LogP contribution in [-0.2, 0) is 9.53 Å². The first kappa shape index (κ1) is 17.9. The van der Waals surface area contributed by atoms with Gasteiger partial charge in [-0.3, -0.25) is 4.79 Å². The maximum Gasteiger partial charge on any atom is 0.312 e. The maximum atomic E-state index is 12.4. The molecule has 0 aromatic rings. The first-order valence-corrected chi connectivity index (χ1v) is 7.26. The highest BCUT2D eigenvalue weighted by Crippen LogP contribution is 2.36. The van der Waals surface area contributed by atoms with Crippen molar-refractivity contribution in [1.29, 1.82) is 0 Å². The molecule has 0 saturated heterocycles. The molecule has 0 aliphatic rings. The normalized spacial score (nSPS) is 16.9. The van der Waals surface area contributed by atoms with E-state index in [9.17, 15) is 4.79 Å². The van der Waals surface area contributed by atoms with E-state index in [0.29, 0.717) is 12.5 Å². The number of hydrogen-bond donors (Lipinski definition) is 0. The monoisotopic (exact) mass is 266 g/mol. The predicted octanol–water partition coefficient (Wildman–Crippen LogP) is 4.76. The van der Waals surface area contributed by atoms with E-state index in [2.05, 4.69) is 34.3 Å². The topological polar surface area (TPSA) is 26.3 Å². The Labute approximate surface area is 118 Å². The van der Waals surface area contributed by atoms with Crippen LogP contribution in [0.5, 0.6) is 0 Å². The van der Waals surface area contributed by atoms with Gasteiger partial charge in [-0.15, -0.1) is 0 Å². The van der Waals surface area contributed by atoms with Crippen LogP contribution in [-0.4, -0.2) is 12.6 Å². The molecule has 0 saturated carbocycles. The summed E-state index contributed by atoms with van der Waals surface area (Å²) >= 11 is 0. The van der Waals surface area contributed by atoms with Gasteiger partial charge in [-0.1, -0.05) is 52.8 Å². The number of allylic oxidation sites excluding steroid dienone is 1. The number of esters is 1. The number of ether oxygens (including phenoxy) is 1. The molecule has 0 aliphatic heterocycles. The summed E-state index contributed by atoms with van der Waals surface area (Å²) < 4.78 is 5.48. The summed E-state index contributed by atoms with van der Waals surface area (Å²) in [6, 6.07) is 0. The molecule has 2 unspecified atom stereocenters. The molecule has 0 N–H and O–H groups in total. The molecule has 19 heavy (non-hydrogen) atoms. The highest BCUT2D eigenvalue weighted by atomic mass is 16.5. The second-order valence-electron chi connectivity index (χ2n) is 5.93. The quantitative estimate of drug-likeness (QED) is 0.467. The predicted molar refractivity (Wildman–Crippen MR) is 81.9 cm³/mol. The third-order valence-electron chi connectivity index (χ3n) is 4.21. The third kappa shape index (κ3) is 5.22. The molecule has 0 radical (unpaired) electrons. The first-order valence-electron chi connectivity index (χ1n) is 7.26. The van der Waals surface area contributed by atoms with Crippen LogP contribution in [0, 0.1) is 17.3 Å². The minimum absolute atomic E-state index is 0.0935. The standard InChI is InChI=1S/C17H30O2/c1-8-14(6)11-17(7,13(4)5)16(18)19-12-15(9-2)10-3/h9-10,13-14H,2,8,11-12H2,1,3-7H3/b15-10+. The summed E-state index contributed by atoms with van der Waals surface area (Å²) in [7, 11) is 0.